The van der Waals surface area contributed by atoms with E-state index in [1.807, 2.05) is 30.5 Å². The monoisotopic (exact) mass is 349 g/mol. The Morgan fingerprint density at radius 2 is 1.81 bits per heavy atom. The summed E-state index contributed by atoms with van der Waals surface area (Å²) < 4.78 is 10.1. The number of hydrogen-bond acceptors (Lipinski definition) is 4. The Morgan fingerprint density at radius 3 is 2.54 bits per heavy atom. The molecule has 3 rings (SSSR count). The molecule has 1 heterocycles. The van der Waals surface area contributed by atoms with Crippen molar-refractivity contribution in [2.75, 3.05) is 7.11 Å². The van der Waals surface area contributed by atoms with E-state index in [2.05, 4.69) is 9.72 Å². The Labute approximate surface area is 151 Å². The number of para-hydroxylation sites is 1. The summed E-state index contributed by atoms with van der Waals surface area (Å²) >= 11 is 0. The van der Waals surface area contributed by atoms with Crippen molar-refractivity contribution in [1.82, 2.24) is 4.98 Å². The molecule has 0 amide bonds. The highest BCUT2D eigenvalue weighted by Crippen LogP contribution is 2.20. The average Bonchev–Trinajstić information content (AvgIpc) is 3.09. The number of benzene rings is 2. The number of allylic oxidation sites excluding steroid dienone is 1. The number of rotatable bonds is 6. The van der Waals surface area contributed by atoms with E-state index in [1.165, 1.54) is 7.11 Å². The Kier molecular flexibility index (Phi) is 5.17. The smallest absolute Gasteiger partial charge is 0.346 e. The molecule has 0 bridgehead atoms. The van der Waals surface area contributed by atoms with Crippen LogP contribution in [0.25, 0.3) is 17.0 Å². The van der Waals surface area contributed by atoms with E-state index >= 15 is 0 Å². The maximum absolute atomic E-state index is 12.4. The number of aromatic nitrogens is 1. The summed E-state index contributed by atoms with van der Waals surface area (Å²) in [7, 11) is 1.31. The molecule has 5 heteroatoms. The summed E-state index contributed by atoms with van der Waals surface area (Å²) in [4.78, 5) is 26.9. The minimum atomic E-state index is -0.705. The third kappa shape index (κ3) is 3.83. The van der Waals surface area contributed by atoms with Crippen molar-refractivity contribution in [3.63, 3.8) is 0 Å². The first-order chi connectivity index (χ1) is 12.6. The summed E-state index contributed by atoms with van der Waals surface area (Å²) in [6.07, 6.45) is 4.51. The maximum Gasteiger partial charge on any atom is 0.346 e. The minimum absolute atomic E-state index is 0.108. The zero-order chi connectivity index (χ0) is 18.5. The van der Waals surface area contributed by atoms with Gasteiger partial charge in [-0.05, 0) is 55.0 Å². The second-order valence-corrected chi connectivity index (χ2v) is 5.79. The van der Waals surface area contributed by atoms with Crippen LogP contribution in [-0.2, 0) is 9.53 Å². The number of fused-ring (bicyclic) bond motifs is 1. The summed E-state index contributed by atoms with van der Waals surface area (Å²) in [5.74, 6) is -0.0604. The number of carbonyl (C=O) groups excluding carboxylic acids is 2. The summed E-state index contributed by atoms with van der Waals surface area (Å²) in [6, 6.07) is 14.6. The number of nitrogens with one attached hydrogen (secondary N) is 1. The van der Waals surface area contributed by atoms with Crippen molar-refractivity contribution >= 4 is 28.7 Å². The molecule has 0 aliphatic rings. The lowest BCUT2D eigenvalue weighted by molar-refractivity contribution is -0.147. The molecule has 132 valence electrons. The molecule has 0 aliphatic carbocycles. The third-order valence-corrected chi connectivity index (χ3v) is 4.02. The molecule has 1 atom stereocenters. The first-order valence-electron chi connectivity index (χ1n) is 8.21. The molecule has 5 nitrogen and oxygen atoms in total. The molecule has 2 aromatic carbocycles. The topological polar surface area (TPSA) is 68.4 Å². The van der Waals surface area contributed by atoms with Crippen LogP contribution in [0.4, 0.5) is 0 Å². The molecule has 0 saturated heterocycles. The van der Waals surface area contributed by atoms with Crippen LogP contribution in [0.2, 0.25) is 0 Å². The normalized spacial score (nSPS) is 12.2. The predicted molar refractivity (Wildman–Crippen MR) is 100 cm³/mol. The van der Waals surface area contributed by atoms with Crippen molar-refractivity contribution in [3.05, 3.63) is 71.9 Å². The first kappa shape index (κ1) is 17.5. The third-order valence-electron chi connectivity index (χ3n) is 4.02. The molecule has 1 N–H and O–H groups in total. The van der Waals surface area contributed by atoms with Gasteiger partial charge in [-0.25, -0.2) is 4.79 Å². The van der Waals surface area contributed by atoms with Crippen LogP contribution in [0.3, 0.4) is 0 Å². The lowest BCUT2D eigenvalue weighted by atomic mass is 10.1. The lowest BCUT2D eigenvalue weighted by Crippen LogP contribution is -2.24. The number of H-pyrrole nitrogens is 1. The zero-order valence-corrected chi connectivity index (χ0v) is 14.6. The number of aromatic amines is 1. The molecule has 0 fully saturated rings. The highest BCUT2D eigenvalue weighted by atomic mass is 16.6. The molecule has 26 heavy (non-hydrogen) atoms. The van der Waals surface area contributed by atoms with Gasteiger partial charge in [0.2, 0.25) is 0 Å². The number of methoxy groups -OCH3 is 1. The second-order valence-electron chi connectivity index (χ2n) is 5.79. The van der Waals surface area contributed by atoms with Gasteiger partial charge in [-0.3, -0.25) is 4.79 Å². The van der Waals surface area contributed by atoms with Gasteiger partial charge < -0.3 is 14.5 Å². The molecule has 1 unspecified atom stereocenters. The highest BCUT2D eigenvalue weighted by Gasteiger charge is 2.14. The van der Waals surface area contributed by atoms with Gasteiger partial charge >= 0.3 is 5.97 Å². The number of carbonyl (C=O) groups is 2. The van der Waals surface area contributed by atoms with Gasteiger partial charge in [-0.1, -0.05) is 18.2 Å². The van der Waals surface area contributed by atoms with Crippen LogP contribution >= 0.6 is 0 Å². The number of esters is 1. The second kappa shape index (κ2) is 7.70. The van der Waals surface area contributed by atoms with Gasteiger partial charge in [0, 0.05) is 22.7 Å². The molecule has 0 radical (unpaired) electrons. The molecule has 0 aliphatic heterocycles. The molecule has 1 aromatic heterocycles. The lowest BCUT2D eigenvalue weighted by Gasteiger charge is -2.12. The van der Waals surface area contributed by atoms with E-state index in [4.69, 9.17) is 4.74 Å². The van der Waals surface area contributed by atoms with Gasteiger partial charge in [0.05, 0.1) is 7.11 Å². The molecular formula is C21H19NO4. The van der Waals surface area contributed by atoms with Gasteiger partial charge in [-0.2, -0.15) is 0 Å². The molecule has 0 spiro atoms. The average molecular weight is 349 g/mol. The van der Waals surface area contributed by atoms with Gasteiger partial charge in [0.1, 0.15) is 5.75 Å². The van der Waals surface area contributed by atoms with Crippen LogP contribution in [-0.4, -0.2) is 30.0 Å². The van der Waals surface area contributed by atoms with Crippen molar-refractivity contribution in [3.8, 4) is 5.75 Å². The summed E-state index contributed by atoms with van der Waals surface area (Å²) in [5, 5.41) is 1.07. The number of ketones is 1. The molecule has 3 aromatic rings. The zero-order valence-electron chi connectivity index (χ0n) is 14.6. The van der Waals surface area contributed by atoms with E-state index in [0.29, 0.717) is 11.3 Å². The van der Waals surface area contributed by atoms with Crippen molar-refractivity contribution < 1.29 is 19.1 Å². The number of ether oxygens (including phenoxy) is 2. The maximum atomic E-state index is 12.4. The fraction of sp³-hybridized carbons (Fsp3) is 0.143. The fourth-order valence-electron chi connectivity index (χ4n) is 2.61. The summed E-state index contributed by atoms with van der Waals surface area (Å²) in [6.45, 7) is 1.61. The van der Waals surface area contributed by atoms with Gasteiger partial charge in [0.15, 0.2) is 11.9 Å². The SMILES string of the molecule is COC(=O)C(C)Oc1ccc(C(=O)/C=C/c2c[nH]c3ccccc23)cc1. The predicted octanol–water partition coefficient (Wildman–Crippen LogP) is 4.00. The largest absolute Gasteiger partial charge is 0.479 e. The van der Waals surface area contributed by atoms with Crippen molar-refractivity contribution in [1.29, 1.82) is 0 Å². The Bertz CT molecular complexity index is 954. The Morgan fingerprint density at radius 1 is 1.08 bits per heavy atom. The summed E-state index contributed by atoms with van der Waals surface area (Å²) in [5.41, 5.74) is 2.53. The van der Waals surface area contributed by atoms with Crippen molar-refractivity contribution in [2.45, 2.75) is 13.0 Å². The molecular weight excluding hydrogens is 330 g/mol. The van der Waals surface area contributed by atoms with Crippen LogP contribution in [0.1, 0.15) is 22.8 Å². The highest BCUT2D eigenvalue weighted by molar-refractivity contribution is 6.07. The van der Waals surface area contributed by atoms with E-state index in [9.17, 15) is 9.59 Å². The van der Waals surface area contributed by atoms with Crippen molar-refractivity contribution in [2.24, 2.45) is 0 Å². The standard InChI is InChI=1S/C21H19NO4/c1-14(21(24)25-2)26-17-10-7-15(8-11-17)20(23)12-9-16-13-22-19-6-4-3-5-18(16)19/h3-14,22H,1-2H3/b12-9+. The van der Waals surface area contributed by atoms with E-state index < -0.39 is 12.1 Å². The minimum Gasteiger partial charge on any atom is -0.479 e. The van der Waals surface area contributed by atoms with Crippen LogP contribution in [0.5, 0.6) is 5.75 Å². The Hall–Kier alpha value is -3.34. The first-order valence-corrected chi connectivity index (χ1v) is 8.21. The van der Waals surface area contributed by atoms with Crippen LogP contribution in [0.15, 0.2) is 60.8 Å². The quantitative estimate of drug-likeness (QED) is 0.415. The van der Waals surface area contributed by atoms with Crippen LogP contribution < -0.4 is 4.74 Å². The van der Waals surface area contributed by atoms with Gasteiger partial charge in [0.25, 0.3) is 0 Å². The Balaban J connectivity index is 1.69. The van der Waals surface area contributed by atoms with E-state index in [0.717, 1.165) is 16.5 Å². The van der Waals surface area contributed by atoms with Crippen LogP contribution in [0, 0.1) is 0 Å². The molecule has 0 saturated carbocycles. The van der Waals surface area contributed by atoms with Gasteiger partial charge in [-0.15, -0.1) is 0 Å². The number of hydrogen-bond donors (Lipinski definition) is 1. The van der Waals surface area contributed by atoms with E-state index in [-0.39, 0.29) is 5.78 Å². The van der Waals surface area contributed by atoms with E-state index in [1.54, 1.807) is 43.3 Å². The fourth-order valence-corrected chi connectivity index (χ4v) is 2.61.